The van der Waals surface area contributed by atoms with Crippen molar-refractivity contribution in [2.75, 3.05) is 13.1 Å². The van der Waals surface area contributed by atoms with Crippen LogP contribution in [0.2, 0.25) is 0 Å². The van der Waals surface area contributed by atoms with Gasteiger partial charge in [-0.05, 0) is 36.6 Å². The summed E-state index contributed by atoms with van der Waals surface area (Å²) < 4.78 is 4.97. The molecule has 2 aromatic rings. The molecule has 0 saturated carbocycles. The Morgan fingerprint density at radius 2 is 2.00 bits per heavy atom. The van der Waals surface area contributed by atoms with Crippen LogP contribution in [-0.2, 0) is 6.54 Å². The van der Waals surface area contributed by atoms with Crippen molar-refractivity contribution in [2.45, 2.75) is 25.4 Å². The van der Waals surface area contributed by atoms with Gasteiger partial charge in [0, 0.05) is 25.7 Å². The van der Waals surface area contributed by atoms with Gasteiger partial charge in [-0.3, -0.25) is 4.79 Å². The predicted octanol–water partition coefficient (Wildman–Crippen LogP) is 2.55. The first-order chi connectivity index (χ1) is 11.3. The van der Waals surface area contributed by atoms with Gasteiger partial charge in [-0.2, -0.15) is 5.26 Å². The number of likely N-dealkylation sites (tertiary alicyclic amines) is 1. The maximum Gasteiger partial charge on any atom is 0.257 e. The van der Waals surface area contributed by atoms with E-state index >= 15 is 0 Å². The highest BCUT2D eigenvalue weighted by molar-refractivity contribution is 5.93. The van der Waals surface area contributed by atoms with Crippen LogP contribution in [0.4, 0.5) is 0 Å². The number of nitrogens with one attached hydrogen (secondary N) is 1. The van der Waals surface area contributed by atoms with E-state index in [1.807, 2.05) is 29.2 Å². The molecule has 1 N–H and O–H groups in total. The van der Waals surface area contributed by atoms with E-state index in [0.717, 1.165) is 32.5 Å². The zero-order valence-corrected chi connectivity index (χ0v) is 12.9. The average Bonchev–Trinajstić information content (AvgIpc) is 3.15. The molecule has 1 fully saturated rings. The second-order valence-electron chi connectivity index (χ2n) is 5.77. The van der Waals surface area contributed by atoms with Crippen LogP contribution in [0.15, 0.2) is 47.3 Å². The number of piperidine rings is 1. The van der Waals surface area contributed by atoms with Crippen molar-refractivity contribution in [1.82, 2.24) is 10.2 Å². The SMILES string of the molecule is N#Cc1ccc(CNC2CCN(C(=O)c3ccoc3)CC2)cc1. The van der Waals surface area contributed by atoms with E-state index in [0.29, 0.717) is 17.2 Å². The third-order valence-corrected chi connectivity index (χ3v) is 4.23. The number of furan rings is 1. The fourth-order valence-electron chi connectivity index (χ4n) is 2.81. The molecular formula is C18H19N3O2. The lowest BCUT2D eigenvalue weighted by atomic mass is 10.0. The Bertz CT molecular complexity index is 678. The fraction of sp³-hybridized carbons (Fsp3) is 0.333. The molecule has 0 radical (unpaired) electrons. The number of carbonyl (C=O) groups is 1. The first-order valence-electron chi connectivity index (χ1n) is 7.80. The van der Waals surface area contributed by atoms with Gasteiger partial charge in [-0.15, -0.1) is 0 Å². The van der Waals surface area contributed by atoms with Gasteiger partial charge in [0.1, 0.15) is 6.26 Å². The lowest BCUT2D eigenvalue weighted by molar-refractivity contribution is 0.0704. The predicted molar refractivity (Wildman–Crippen MR) is 85.6 cm³/mol. The highest BCUT2D eigenvalue weighted by Gasteiger charge is 2.23. The maximum atomic E-state index is 12.2. The van der Waals surface area contributed by atoms with Gasteiger partial charge in [0.25, 0.3) is 5.91 Å². The smallest absolute Gasteiger partial charge is 0.257 e. The molecule has 1 saturated heterocycles. The van der Waals surface area contributed by atoms with Gasteiger partial charge in [0.2, 0.25) is 0 Å². The van der Waals surface area contributed by atoms with Crippen LogP contribution >= 0.6 is 0 Å². The number of nitriles is 1. The van der Waals surface area contributed by atoms with Crippen molar-refractivity contribution in [3.05, 3.63) is 59.5 Å². The van der Waals surface area contributed by atoms with Crippen LogP contribution in [0.1, 0.15) is 34.3 Å². The second-order valence-corrected chi connectivity index (χ2v) is 5.77. The first-order valence-corrected chi connectivity index (χ1v) is 7.80. The first kappa shape index (κ1) is 15.3. The van der Waals surface area contributed by atoms with Crippen LogP contribution in [0.5, 0.6) is 0 Å². The normalized spacial score (nSPS) is 15.3. The number of nitrogens with zero attached hydrogens (tertiary/aromatic N) is 2. The minimum Gasteiger partial charge on any atom is -0.472 e. The van der Waals surface area contributed by atoms with Gasteiger partial charge in [0.05, 0.1) is 23.5 Å². The summed E-state index contributed by atoms with van der Waals surface area (Å²) in [7, 11) is 0. The molecule has 1 aliphatic rings. The summed E-state index contributed by atoms with van der Waals surface area (Å²) in [6.45, 7) is 2.30. The van der Waals surface area contributed by atoms with E-state index < -0.39 is 0 Å². The van der Waals surface area contributed by atoms with Gasteiger partial charge in [-0.1, -0.05) is 12.1 Å². The Labute approximate surface area is 135 Å². The zero-order valence-electron chi connectivity index (χ0n) is 12.9. The van der Waals surface area contributed by atoms with Crippen molar-refractivity contribution in [2.24, 2.45) is 0 Å². The van der Waals surface area contributed by atoms with E-state index in [1.54, 1.807) is 6.07 Å². The van der Waals surface area contributed by atoms with E-state index in [-0.39, 0.29) is 5.91 Å². The summed E-state index contributed by atoms with van der Waals surface area (Å²) in [4.78, 5) is 14.1. The summed E-state index contributed by atoms with van der Waals surface area (Å²) in [5.74, 6) is 0.0456. The van der Waals surface area contributed by atoms with Crippen molar-refractivity contribution in [3.63, 3.8) is 0 Å². The van der Waals surface area contributed by atoms with Crippen LogP contribution in [0.25, 0.3) is 0 Å². The monoisotopic (exact) mass is 309 g/mol. The summed E-state index contributed by atoms with van der Waals surface area (Å²) in [5, 5.41) is 12.3. The summed E-state index contributed by atoms with van der Waals surface area (Å²) >= 11 is 0. The minimum absolute atomic E-state index is 0.0456. The molecule has 0 unspecified atom stereocenters. The molecule has 118 valence electrons. The largest absolute Gasteiger partial charge is 0.472 e. The Hall–Kier alpha value is -2.58. The molecular weight excluding hydrogens is 290 g/mol. The van der Waals surface area contributed by atoms with E-state index in [9.17, 15) is 4.79 Å². The zero-order chi connectivity index (χ0) is 16.1. The number of rotatable bonds is 4. The minimum atomic E-state index is 0.0456. The van der Waals surface area contributed by atoms with Crippen LogP contribution in [0.3, 0.4) is 0 Å². The number of amides is 1. The highest BCUT2D eigenvalue weighted by Crippen LogP contribution is 2.15. The molecule has 1 amide bonds. The van der Waals surface area contributed by atoms with Gasteiger partial charge in [0.15, 0.2) is 0 Å². The molecule has 1 aromatic heterocycles. The van der Waals surface area contributed by atoms with E-state index in [2.05, 4.69) is 11.4 Å². The van der Waals surface area contributed by atoms with E-state index in [4.69, 9.17) is 9.68 Å². The average molecular weight is 309 g/mol. The third-order valence-electron chi connectivity index (χ3n) is 4.23. The van der Waals surface area contributed by atoms with Crippen LogP contribution in [0, 0.1) is 11.3 Å². The Morgan fingerprint density at radius 3 is 2.61 bits per heavy atom. The Morgan fingerprint density at radius 1 is 1.26 bits per heavy atom. The van der Waals surface area contributed by atoms with Crippen LogP contribution < -0.4 is 5.32 Å². The molecule has 1 aromatic carbocycles. The van der Waals surface area contributed by atoms with Crippen molar-refractivity contribution < 1.29 is 9.21 Å². The molecule has 2 heterocycles. The van der Waals surface area contributed by atoms with Gasteiger partial charge in [-0.25, -0.2) is 0 Å². The van der Waals surface area contributed by atoms with Crippen molar-refractivity contribution >= 4 is 5.91 Å². The standard InChI is InChI=1S/C18H19N3O2/c19-11-14-1-3-15(4-2-14)12-20-17-5-8-21(9-6-17)18(22)16-7-10-23-13-16/h1-4,7,10,13,17,20H,5-6,8-9,12H2. The molecule has 0 spiro atoms. The summed E-state index contributed by atoms with van der Waals surface area (Å²) in [6.07, 6.45) is 4.91. The van der Waals surface area contributed by atoms with E-state index in [1.165, 1.54) is 18.1 Å². The molecule has 23 heavy (non-hydrogen) atoms. The van der Waals surface area contributed by atoms with Crippen LogP contribution in [-0.4, -0.2) is 29.9 Å². The maximum absolute atomic E-state index is 12.2. The van der Waals surface area contributed by atoms with Crippen molar-refractivity contribution in [3.8, 4) is 6.07 Å². The third kappa shape index (κ3) is 3.79. The summed E-state index contributed by atoms with van der Waals surface area (Å²) in [5.41, 5.74) is 2.47. The summed E-state index contributed by atoms with van der Waals surface area (Å²) in [6, 6.07) is 11.9. The highest BCUT2D eigenvalue weighted by atomic mass is 16.3. The quantitative estimate of drug-likeness (QED) is 0.942. The van der Waals surface area contributed by atoms with Gasteiger partial charge < -0.3 is 14.6 Å². The van der Waals surface area contributed by atoms with Crippen molar-refractivity contribution in [1.29, 1.82) is 5.26 Å². The van der Waals surface area contributed by atoms with Gasteiger partial charge >= 0.3 is 0 Å². The molecule has 5 heteroatoms. The lowest BCUT2D eigenvalue weighted by Crippen LogP contribution is -2.44. The molecule has 5 nitrogen and oxygen atoms in total. The Balaban J connectivity index is 1.45. The number of benzene rings is 1. The lowest BCUT2D eigenvalue weighted by Gasteiger charge is -2.32. The topological polar surface area (TPSA) is 69.3 Å². The number of carbonyl (C=O) groups excluding carboxylic acids is 1. The second kappa shape index (κ2) is 7.12. The molecule has 0 bridgehead atoms. The number of hydrogen-bond acceptors (Lipinski definition) is 4. The Kier molecular flexibility index (Phi) is 4.74. The molecule has 0 aliphatic carbocycles. The fourth-order valence-corrected chi connectivity index (χ4v) is 2.81. The molecule has 3 rings (SSSR count). The molecule has 1 aliphatic heterocycles. The molecule has 0 atom stereocenters. The number of hydrogen-bond donors (Lipinski definition) is 1.